The highest BCUT2D eigenvalue weighted by molar-refractivity contribution is 6.09. The minimum Gasteiger partial charge on any atom is -0.468 e. The van der Waals surface area contributed by atoms with Crippen LogP contribution in [0.5, 0.6) is 0 Å². The van der Waals surface area contributed by atoms with Crippen molar-refractivity contribution in [3.05, 3.63) is 35.9 Å². The topological polar surface area (TPSA) is 99.2 Å². The zero-order chi connectivity index (χ0) is 28.8. The highest BCUT2D eigenvalue weighted by Crippen LogP contribution is 2.60. The second kappa shape index (κ2) is 12.6. The molecule has 0 unspecified atom stereocenters. The molecule has 5 atom stereocenters. The standard InChI is InChI=1S/C31H45NO7/c1-7-8-16-30-18-15-24(32(30)28(36)39-29(3,4)5)25(22(2)20-38-21-23-13-10-9-11-14-23)26(34)31(30,17-12-19-33)27(35)37-6/h9-11,13-14,19,22,24-25H,7-8,12,15-18,20-21H2,1-6H3/t22-,24+,25-,30-,31+/m1/s1. The Labute approximate surface area is 232 Å². The number of hydrogen-bond donors (Lipinski definition) is 0. The van der Waals surface area contributed by atoms with Crippen LogP contribution in [0.2, 0.25) is 0 Å². The van der Waals surface area contributed by atoms with Gasteiger partial charge in [0.15, 0.2) is 11.2 Å². The van der Waals surface area contributed by atoms with Crippen LogP contribution in [0.3, 0.4) is 0 Å². The molecule has 1 amide bonds. The smallest absolute Gasteiger partial charge is 0.411 e. The summed E-state index contributed by atoms with van der Waals surface area (Å²) in [5.41, 5.74) is -2.53. The number of carbonyl (C=O) groups excluding carboxylic acids is 4. The molecule has 3 rings (SSSR count). The number of esters is 1. The van der Waals surface area contributed by atoms with E-state index in [4.69, 9.17) is 14.2 Å². The average Bonchev–Trinajstić information content (AvgIpc) is 3.23. The minimum atomic E-state index is -1.67. The Morgan fingerprint density at radius 3 is 2.46 bits per heavy atom. The van der Waals surface area contributed by atoms with Gasteiger partial charge in [-0.05, 0) is 57.9 Å². The van der Waals surface area contributed by atoms with Gasteiger partial charge in [0, 0.05) is 18.4 Å². The predicted molar refractivity (Wildman–Crippen MR) is 147 cm³/mol. The number of unbranched alkanes of at least 4 members (excludes halogenated alkanes) is 1. The number of aldehydes is 1. The third kappa shape index (κ3) is 5.91. The maximum atomic E-state index is 14.7. The van der Waals surface area contributed by atoms with E-state index >= 15 is 0 Å². The van der Waals surface area contributed by atoms with E-state index in [1.165, 1.54) is 7.11 Å². The van der Waals surface area contributed by atoms with E-state index in [0.29, 0.717) is 32.3 Å². The van der Waals surface area contributed by atoms with Crippen molar-refractivity contribution >= 4 is 24.1 Å². The van der Waals surface area contributed by atoms with Crippen LogP contribution < -0.4 is 0 Å². The molecule has 2 saturated heterocycles. The van der Waals surface area contributed by atoms with Crippen LogP contribution in [0.1, 0.15) is 85.1 Å². The molecular weight excluding hydrogens is 498 g/mol. The Bertz CT molecular complexity index is 1020. The van der Waals surface area contributed by atoms with Crippen LogP contribution in [0, 0.1) is 17.3 Å². The Morgan fingerprint density at radius 2 is 1.87 bits per heavy atom. The van der Waals surface area contributed by atoms with E-state index in [0.717, 1.165) is 18.3 Å². The summed E-state index contributed by atoms with van der Waals surface area (Å²) in [7, 11) is 1.27. The predicted octanol–water partition coefficient (Wildman–Crippen LogP) is 5.51. The lowest BCUT2D eigenvalue weighted by Crippen LogP contribution is -2.73. The molecular formula is C31H45NO7. The molecule has 2 heterocycles. The first kappa shape index (κ1) is 30.8. The molecule has 0 spiro atoms. The van der Waals surface area contributed by atoms with E-state index in [1.807, 2.05) is 44.2 Å². The number of benzene rings is 1. The number of rotatable bonds is 12. The van der Waals surface area contributed by atoms with Gasteiger partial charge in [-0.1, -0.05) is 57.0 Å². The fourth-order valence-corrected chi connectivity index (χ4v) is 6.83. The molecule has 2 bridgehead atoms. The molecule has 2 aliphatic rings. The Kier molecular flexibility index (Phi) is 9.97. The van der Waals surface area contributed by atoms with Gasteiger partial charge < -0.3 is 19.0 Å². The molecule has 1 aromatic rings. The van der Waals surface area contributed by atoms with Crippen molar-refractivity contribution in [3.63, 3.8) is 0 Å². The summed E-state index contributed by atoms with van der Waals surface area (Å²) >= 11 is 0. The number of ketones is 1. The van der Waals surface area contributed by atoms with Gasteiger partial charge >= 0.3 is 12.1 Å². The molecule has 0 aromatic heterocycles. The van der Waals surface area contributed by atoms with Crippen LogP contribution in [0.4, 0.5) is 4.79 Å². The van der Waals surface area contributed by atoms with E-state index < -0.39 is 40.6 Å². The van der Waals surface area contributed by atoms with Crippen molar-refractivity contribution < 1.29 is 33.4 Å². The molecule has 1 aromatic carbocycles. The van der Waals surface area contributed by atoms with Gasteiger partial charge in [0.25, 0.3) is 0 Å². The lowest BCUT2D eigenvalue weighted by atomic mass is 9.56. The number of carbonyl (C=O) groups is 4. The van der Waals surface area contributed by atoms with Crippen molar-refractivity contribution in [3.8, 4) is 0 Å². The van der Waals surface area contributed by atoms with Crippen LogP contribution in [-0.4, -0.2) is 59.9 Å². The normalized spacial score (nSPS) is 27.2. The fraction of sp³-hybridized carbons (Fsp3) is 0.677. The number of nitrogens with zero attached hydrogens (tertiary/aromatic N) is 1. The fourth-order valence-electron chi connectivity index (χ4n) is 6.83. The summed E-state index contributed by atoms with van der Waals surface area (Å²) in [6.45, 7) is 10.0. The Morgan fingerprint density at radius 1 is 1.18 bits per heavy atom. The zero-order valence-corrected chi connectivity index (χ0v) is 24.4. The number of methoxy groups -OCH3 is 1. The molecule has 0 radical (unpaired) electrons. The molecule has 0 N–H and O–H groups in total. The summed E-state index contributed by atoms with van der Waals surface area (Å²) < 4.78 is 17.3. The van der Waals surface area contributed by atoms with Gasteiger partial charge in [-0.15, -0.1) is 0 Å². The summed E-state index contributed by atoms with van der Waals surface area (Å²) in [5, 5.41) is 0. The van der Waals surface area contributed by atoms with Gasteiger partial charge in [-0.3, -0.25) is 14.5 Å². The quantitative estimate of drug-likeness (QED) is 0.195. The summed E-state index contributed by atoms with van der Waals surface area (Å²) in [6.07, 6.45) is 3.19. The van der Waals surface area contributed by atoms with Crippen molar-refractivity contribution in [2.24, 2.45) is 17.3 Å². The molecule has 2 aliphatic heterocycles. The number of ether oxygens (including phenoxy) is 3. The molecule has 8 heteroatoms. The van der Waals surface area contributed by atoms with Gasteiger partial charge in [-0.2, -0.15) is 0 Å². The van der Waals surface area contributed by atoms with Gasteiger partial charge in [0.2, 0.25) is 0 Å². The SMILES string of the molecule is CCCC[C@@]12CC[C@@H]([C@@H]([C@H](C)COCc3ccccc3)C(=O)[C@@]1(CCC=O)C(=O)OC)N2C(=O)OC(C)(C)C. The van der Waals surface area contributed by atoms with E-state index in [9.17, 15) is 19.2 Å². The number of amides is 1. The van der Waals surface area contributed by atoms with Gasteiger partial charge in [0.05, 0.1) is 25.9 Å². The Hall–Kier alpha value is -2.74. The first-order valence-corrected chi connectivity index (χ1v) is 14.2. The summed E-state index contributed by atoms with van der Waals surface area (Å²) in [5.74, 6) is -1.89. The number of Topliss-reactive ketones (excluding diaryl/α,β-unsaturated/α-hetero) is 1. The molecule has 0 aliphatic carbocycles. The first-order valence-electron chi connectivity index (χ1n) is 14.2. The number of piperidine rings is 1. The zero-order valence-electron chi connectivity index (χ0n) is 24.4. The van der Waals surface area contributed by atoms with Gasteiger partial charge in [-0.25, -0.2) is 4.79 Å². The molecule has 2 fully saturated rings. The van der Waals surface area contributed by atoms with Crippen molar-refractivity contribution in [1.82, 2.24) is 4.90 Å². The third-order valence-corrected chi connectivity index (χ3v) is 8.39. The molecule has 0 saturated carbocycles. The van der Waals surface area contributed by atoms with E-state index in [2.05, 4.69) is 0 Å². The van der Waals surface area contributed by atoms with Crippen molar-refractivity contribution in [2.45, 2.75) is 103 Å². The monoisotopic (exact) mass is 543 g/mol. The highest BCUT2D eigenvalue weighted by Gasteiger charge is 2.74. The van der Waals surface area contributed by atoms with Crippen LogP contribution >= 0.6 is 0 Å². The highest BCUT2D eigenvalue weighted by atomic mass is 16.6. The first-order chi connectivity index (χ1) is 18.5. The maximum absolute atomic E-state index is 14.7. The van der Waals surface area contributed by atoms with Crippen molar-refractivity contribution in [1.29, 1.82) is 0 Å². The van der Waals surface area contributed by atoms with Crippen molar-refractivity contribution in [2.75, 3.05) is 13.7 Å². The van der Waals surface area contributed by atoms with E-state index in [-0.39, 0.29) is 31.1 Å². The lowest BCUT2D eigenvalue weighted by Gasteiger charge is -2.57. The van der Waals surface area contributed by atoms with Crippen LogP contribution in [0.25, 0.3) is 0 Å². The number of hydrogen-bond acceptors (Lipinski definition) is 7. The van der Waals surface area contributed by atoms with Crippen LogP contribution in [0.15, 0.2) is 30.3 Å². The molecule has 8 nitrogen and oxygen atoms in total. The summed E-state index contributed by atoms with van der Waals surface area (Å²) in [6, 6.07) is 9.33. The second-order valence-electron chi connectivity index (χ2n) is 12.1. The summed E-state index contributed by atoms with van der Waals surface area (Å²) in [4.78, 5) is 55.7. The molecule has 39 heavy (non-hydrogen) atoms. The maximum Gasteiger partial charge on any atom is 0.411 e. The Balaban J connectivity index is 2.10. The second-order valence-corrected chi connectivity index (χ2v) is 12.1. The van der Waals surface area contributed by atoms with Gasteiger partial charge in [0.1, 0.15) is 11.9 Å². The van der Waals surface area contributed by atoms with Crippen LogP contribution in [-0.2, 0) is 35.2 Å². The lowest BCUT2D eigenvalue weighted by molar-refractivity contribution is -0.182. The van der Waals surface area contributed by atoms with E-state index in [1.54, 1.807) is 25.7 Å². The largest absolute Gasteiger partial charge is 0.468 e. The average molecular weight is 544 g/mol. The minimum absolute atomic E-state index is 0.00709. The number of fused-ring (bicyclic) bond motifs is 2. The molecule has 216 valence electrons. The third-order valence-electron chi connectivity index (χ3n) is 8.39.